The quantitative estimate of drug-likeness (QED) is 0.813. The zero-order valence-corrected chi connectivity index (χ0v) is 9.28. The Balaban J connectivity index is 3.29. The number of hydrogen-bond donors (Lipinski definition) is 2. The molecule has 0 saturated carbocycles. The number of carboxylic acids is 1. The molecule has 5 heteroatoms. The normalized spacial score (nSPS) is 12.5. The molecule has 0 fully saturated rings. The molecular weight excluding hydrogens is 248 g/mol. The van der Waals surface area contributed by atoms with Crippen LogP contribution in [0.2, 0.25) is 0 Å². The second-order valence-corrected chi connectivity index (χ2v) is 3.63. The van der Waals surface area contributed by atoms with Gasteiger partial charge in [0.1, 0.15) is 4.60 Å². The van der Waals surface area contributed by atoms with Crippen LogP contribution in [0.4, 0.5) is 0 Å². The first-order valence-electron chi connectivity index (χ1n) is 4.21. The maximum atomic E-state index is 10.9. The molecule has 0 saturated heterocycles. The van der Waals surface area contributed by atoms with Crippen molar-refractivity contribution in [2.24, 2.45) is 5.73 Å². The molecule has 0 bridgehead atoms. The van der Waals surface area contributed by atoms with Crippen molar-refractivity contribution in [2.45, 2.75) is 19.4 Å². The van der Waals surface area contributed by atoms with E-state index in [1.165, 1.54) is 12.3 Å². The molecule has 1 rings (SSSR count). The monoisotopic (exact) mass is 258 g/mol. The van der Waals surface area contributed by atoms with E-state index in [1.807, 2.05) is 6.92 Å². The molecule has 0 aromatic carbocycles. The smallest absolute Gasteiger partial charge is 0.336 e. The predicted molar refractivity (Wildman–Crippen MR) is 56.1 cm³/mol. The van der Waals surface area contributed by atoms with E-state index in [0.29, 0.717) is 16.6 Å². The topological polar surface area (TPSA) is 76.2 Å². The number of nitrogens with two attached hydrogens (primary N) is 1. The molecule has 1 aromatic rings. The third-order valence-corrected chi connectivity index (χ3v) is 2.61. The highest BCUT2D eigenvalue weighted by molar-refractivity contribution is 9.10. The second-order valence-electron chi connectivity index (χ2n) is 2.88. The summed E-state index contributed by atoms with van der Waals surface area (Å²) in [5.41, 5.74) is 6.57. The third kappa shape index (κ3) is 2.10. The summed E-state index contributed by atoms with van der Waals surface area (Å²) in [5, 5.41) is 8.93. The molecule has 1 unspecified atom stereocenters. The summed E-state index contributed by atoms with van der Waals surface area (Å²) >= 11 is 3.20. The number of nitrogens with zero attached hydrogens (tertiary/aromatic N) is 1. The highest BCUT2D eigenvalue weighted by Gasteiger charge is 2.18. The predicted octanol–water partition coefficient (Wildman–Crippen LogP) is 1.95. The Hall–Kier alpha value is -0.940. The number of pyridine rings is 1. The van der Waals surface area contributed by atoms with Gasteiger partial charge in [0.25, 0.3) is 0 Å². The lowest BCUT2D eigenvalue weighted by atomic mass is 10.0. The van der Waals surface area contributed by atoms with Crippen molar-refractivity contribution in [1.29, 1.82) is 0 Å². The highest BCUT2D eigenvalue weighted by atomic mass is 79.9. The molecule has 3 N–H and O–H groups in total. The summed E-state index contributed by atoms with van der Waals surface area (Å²) in [7, 11) is 0. The summed E-state index contributed by atoms with van der Waals surface area (Å²) in [5.74, 6) is -0.980. The summed E-state index contributed by atoms with van der Waals surface area (Å²) in [6, 6.07) is 1.15. The van der Waals surface area contributed by atoms with E-state index in [1.54, 1.807) is 0 Å². The van der Waals surface area contributed by atoms with Crippen LogP contribution in [0.25, 0.3) is 0 Å². The van der Waals surface area contributed by atoms with Gasteiger partial charge < -0.3 is 10.8 Å². The lowest BCUT2D eigenvalue weighted by Crippen LogP contribution is -2.15. The Labute approximate surface area is 90.3 Å². The minimum absolute atomic E-state index is 0.209. The van der Waals surface area contributed by atoms with Crippen LogP contribution in [0.5, 0.6) is 0 Å². The molecule has 1 aromatic heterocycles. The fourth-order valence-electron chi connectivity index (χ4n) is 1.19. The van der Waals surface area contributed by atoms with Gasteiger partial charge in [0.15, 0.2) is 0 Å². The van der Waals surface area contributed by atoms with Crippen LogP contribution in [-0.2, 0) is 0 Å². The summed E-state index contributed by atoms with van der Waals surface area (Å²) in [6.45, 7) is 1.90. The lowest BCUT2D eigenvalue weighted by molar-refractivity contribution is 0.0694. The molecule has 0 radical (unpaired) electrons. The Morgan fingerprint density at radius 1 is 1.79 bits per heavy atom. The average Bonchev–Trinajstić information content (AvgIpc) is 2.16. The fourth-order valence-corrected chi connectivity index (χ4v) is 1.82. The SMILES string of the molecule is CCC(N)c1c(C(=O)O)ccnc1Br. The van der Waals surface area contributed by atoms with Crippen molar-refractivity contribution < 1.29 is 9.90 Å². The molecule has 0 spiro atoms. The van der Waals surface area contributed by atoms with E-state index >= 15 is 0 Å². The Morgan fingerprint density at radius 2 is 2.43 bits per heavy atom. The van der Waals surface area contributed by atoms with Crippen LogP contribution >= 0.6 is 15.9 Å². The van der Waals surface area contributed by atoms with Crippen molar-refractivity contribution in [3.05, 3.63) is 28.0 Å². The molecule has 1 atom stereocenters. The number of rotatable bonds is 3. The van der Waals surface area contributed by atoms with Gasteiger partial charge in [-0.1, -0.05) is 6.92 Å². The van der Waals surface area contributed by atoms with Gasteiger partial charge in [0, 0.05) is 17.8 Å². The minimum Gasteiger partial charge on any atom is -0.478 e. The van der Waals surface area contributed by atoms with Gasteiger partial charge in [0.05, 0.1) is 5.56 Å². The van der Waals surface area contributed by atoms with Crippen LogP contribution in [0.1, 0.15) is 35.3 Å². The number of carboxylic acid groups (broad SMARTS) is 1. The zero-order valence-electron chi connectivity index (χ0n) is 7.70. The molecule has 76 valence electrons. The molecule has 4 nitrogen and oxygen atoms in total. The highest BCUT2D eigenvalue weighted by Crippen LogP contribution is 2.25. The van der Waals surface area contributed by atoms with Crippen LogP contribution in [0, 0.1) is 0 Å². The second kappa shape index (κ2) is 4.52. The van der Waals surface area contributed by atoms with E-state index in [2.05, 4.69) is 20.9 Å². The van der Waals surface area contributed by atoms with Gasteiger partial charge in [-0.15, -0.1) is 0 Å². The zero-order chi connectivity index (χ0) is 10.7. The molecule has 0 aliphatic carbocycles. The molecular formula is C9H11BrN2O2. The van der Waals surface area contributed by atoms with E-state index in [4.69, 9.17) is 10.8 Å². The molecule has 0 amide bonds. The van der Waals surface area contributed by atoms with Gasteiger partial charge in [-0.2, -0.15) is 0 Å². The molecule has 14 heavy (non-hydrogen) atoms. The van der Waals surface area contributed by atoms with E-state index in [9.17, 15) is 4.79 Å². The van der Waals surface area contributed by atoms with E-state index in [-0.39, 0.29) is 11.6 Å². The average molecular weight is 259 g/mol. The van der Waals surface area contributed by atoms with Crippen molar-refractivity contribution in [3.63, 3.8) is 0 Å². The Morgan fingerprint density at radius 3 is 2.93 bits per heavy atom. The number of aromatic carboxylic acids is 1. The summed E-state index contributed by atoms with van der Waals surface area (Å²) < 4.78 is 0.506. The summed E-state index contributed by atoms with van der Waals surface area (Å²) in [4.78, 5) is 14.9. The maximum Gasteiger partial charge on any atom is 0.336 e. The first-order chi connectivity index (χ1) is 6.57. The standard InChI is InChI=1S/C9H11BrN2O2/c1-2-6(11)7-5(9(13)14)3-4-12-8(7)10/h3-4,6H,2,11H2,1H3,(H,13,14). The van der Waals surface area contributed by atoms with Gasteiger partial charge >= 0.3 is 5.97 Å². The molecule has 1 heterocycles. The first-order valence-corrected chi connectivity index (χ1v) is 5.00. The first kappa shape index (κ1) is 11.1. The number of aromatic nitrogens is 1. The van der Waals surface area contributed by atoms with E-state index in [0.717, 1.165) is 0 Å². The maximum absolute atomic E-state index is 10.9. The number of hydrogen-bond acceptors (Lipinski definition) is 3. The van der Waals surface area contributed by atoms with Crippen LogP contribution in [-0.4, -0.2) is 16.1 Å². The number of halogens is 1. The Kier molecular flexibility index (Phi) is 3.60. The largest absolute Gasteiger partial charge is 0.478 e. The van der Waals surface area contributed by atoms with Crippen LogP contribution in [0.15, 0.2) is 16.9 Å². The third-order valence-electron chi connectivity index (χ3n) is 1.98. The van der Waals surface area contributed by atoms with Gasteiger partial charge in [-0.25, -0.2) is 9.78 Å². The molecule has 0 aliphatic rings. The fraction of sp³-hybridized carbons (Fsp3) is 0.333. The van der Waals surface area contributed by atoms with Gasteiger partial charge in [0.2, 0.25) is 0 Å². The van der Waals surface area contributed by atoms with Gasteiger partial charge in [-0.05, 0) is 28.4 Å². The van der Waals surface area contributed by atoms with Crippen molar-refractivity contribution in [2.75, 3.05) is 0 Å². The molecule has 0 aliphatic heterocycles. The number of carbonyl (C=O) groups is 1. The van der Waals surface area contributed by atoms with Crippen molar-refractivity contribution >= 4 is 21.9 Å². The van der Waals surface area contributed by atoms with Crippen molar-refractivity contribution in [1.82, 2.24) is 4.98 Å². The lowest BCUT2D eigenvalue weighted by Gasteiger charge is -2.13. The summed E-state index contributed by atoms with van der Waals surface area (Å²) in [6.07, 6.45) is 2.12. The van der Waals surface area contributed by atoms with Gasteiger partial charge in [-0.3, -0.25) is 0 Å². The van der Waals surface area contributed by atoms with Crippen LogP contribution in [0.3, 0.4) is 0 Å². The van der Waals surface area contributed by atoms with Crippen LogP contribution < -0.4 is 5.73 Å². The Bertz CT molecular complexity index is 355. The van der Waals surface area contributed by atoms with Crippen molar-refractivity contribution in [3.8, 4) is 0 Å². The van der Waals surface area contributed by atoms with E-state index < -0.39 is 5.97 Å². The minimum atomic E-state index is -0.980.